The van der Waals surface area contributed by atoms with E-state index in [4.69, 9.17) is 5.21 Å². The molecule has 0 saturated carbocycles. The summed E-state index contributed by atoms with van der Waals surface area (Å²) in [7, 11) is 0. The second-order valence-corrected chi connectivity index (χ2v) is 7.29. The minimum absolute atomic E-state index is 0.134. The van der Waals surface area contributed by atoms with Crippen LogP contribution in [0.1, 0.15) is 29.9 Å². The van der Waals surface area contributed by atoms with Crippen LogP contribution in [0, 0.1) is 17.5 Å². The van der Waals surface area contributed by atoms with E-state index in [1.54, 1.807) is 4.90 Å². The molecule has 13 heteroatoms. The molecule has 10 nitrogen and oxygen atoms in total. The van der Waals surface area contributed by atoms with Gasteiger partial charge in [0.05, 0.1) is 12.2 Å². The van der Waals surface area contributed by atoms with Gasteiger partial charge in [-0.15, -0.1) is 0 Å². The fourth-order valence-electron chi connectivity index (χ4n) is 3.66. The number of halogens is 3. The molecule has 2 amide bonds. The molecule has 2 atom stereocenters. The Morgan fingerprint density at radius 3 is 2.47 bits per heavy atom. The van der Waals surface area contributed by atoms with Crippen molar-refractivity contribution in [3.05, 3.63) is 53.1 Å². The number of piperazine rings is 1. The number of benzene rings is 1. The van der Waals surface area contributed by atoms with E-state index < -0.39 is 41.4 Å². The first-order valence-corrected chi connectivity index (χ1v) is 9.79. The monoisotopic (exact) mass is 451 g/mol. The second kappa shape index (κ2) is 9.06. The lowest BCUT2D eigenvalue weighted by Crippen LogP contribution is -2.52. The van der Waals surface area contributed by atoms with E-state index in [2.05, 4.69) is 15.1 Å². The van der Waals surface area contributed by atoms with Gasteiger partial charge in [-0.1, -0.05) is 0 Å². The summed E-state index contributed by atoms with van der Waals surface area (Å²) in [5, 5.41) is 23.7. The van der Waals surface area contributed by atoms with Crippen LogP contribution in [-0.2, 0) is 0 Å². The molecule has 3 heterocycles. The van der Waals surface area contributed by atoms with Crippen LogP contribution in [0.5, 0.6) is 0 Å². The standard InChI is InChI=1S/C19H20F3N7O3/c20-12-7-11(8-13(21)9-12)15-1-2-24-29(15)19(31)28-5-3-27(4-6-28)18-23-10-14(22)16(25-18)17(30)26-32/h2,7-10,15,17,26,30,32H,1,3-6H2/t15-,17?/m0/s1. The maximum absolute atomic E-state index is 13.8. The molecule has 1 saturated heterocycles. The number of urea groups is 1. The average molecular weight is 451 g/mol. The van der Waals surface area contributed by atoms with Gasteiger partial charge in [-0.05, 0) is 17.7 Å². The molecule has 0 spiro atoms. The Hall–Kier alpha value is -3.29. The summed E-state index contributed by atoms with van der Waals surface area (Å²) < 4.78 is 41.0. The fraction of sp³-hybridized carbons (Fsp3) is 0.368. The van der Waals surface area contributed by atoms with Crippen molar-refractivity contribution in [1.82, 2.24) is 25.4 Å². The van der Waals surface area contributed by atoms with Gasteiger partial charge < -0.3 is 20.1 Å². The van der Waals surface area contributed by atoms with E-state index in [0.29, 0.717) is 25.1 Å². The first-order chi connectivity index (χ1) is 15.4. The van der Waals surface area contributed by atoms with Crippen molar-refractivity contribution >= 4 is 18.2 Å². The van der Waals surface area contributed by atoms with Gasteiger partial charge in [-0.3, -0.25) is 0 Å². The normalized spacial score (nSPS) is 19.5. The van der Waals surface area contributed by atoms with Crippen LogP contribution in [0.15, 0.2) is 29.5 Å². The van der Waals surface area contributed by atoms with Gasteiger partial charge in [-0.25, -0.2) is 32.9 Å². The first-order valence-electron chi connectivity index (χ1n) is 9.79. The molecule has 32 heavy (non-hydrogen) atoms. The van der Waals surface area contributed by atoms with Crippen LogP contribution in [0.2, 0.25) is 0 Å². The van der Waals surface area contributed by atoms with Crippen LogP contribution in [0.25, 0.3) is 0 Å². The first kappa shape index (κ1) is 21.9. The molecule has 1 unspecified atom stereocenters. The van der Waals surface area contributed by atoms with E-state index in [0.717, 1.165) is 12.3 Å². The number of amides is 2. The number of nitrogens with zero attached hydrogens (tertiary/aromatic N) is 6. The number of hydrogen-bond acceptors (Lipinski definition) is 8. The highest BCUT2D eigenvalue weighted by atomic mass is 19.1. The lowest BCUT2D eigenvalue weighted by Gasteiger charge is -2.37. The highest BCUT2D eigenvalue weighted by Crippen LogP contribution is 2.30. The molecule has 1 aromatic heterocycles. The van der Waals surface area contributed by atoms with Gasteiger partial charge in [-0.2, -0.15) is 10.6 Å². The number of nitrogens with one attached hydrogen (secondary N) is 1. The number of hydrazone groups is 1. The molecule has 2 aliphatic rings. The van der Waals surface area contributed by atoms with Crippen molar-refractivity contribution in [2.75, 3.05) is 31.1 Å². The molecule has 0 aliphatic carbocycles. The SMILES string of the molecule is O=C(N1CCN(c2ncc(F)c(C(O)NO)n2)CC1)N1N=CC[C@H]1c1cc(F)cc(F)c1. The molecule has 3 N–H and O–H groups in total. The molecule has 1 aromatic carbocycles. The molecule has 0 radical (unpaired) electrons. The van der Waals surface area contributed by atoms with E-state index in [1.165, 1.54) is 33.7 Å². The molecule has 170 valence electrons. The number of aliphatic hydroxyl groups excluding tert-OH is 1. The molecule has 0 bridgehead atoms. The maximum Gasteiger partial charge on any atom is 0.341 e. The highest BCUT2D eigenvalue weighted by molar-refractivity contribution is 5.78. The van der Waals surface area contributed by atoms with Crippen LogP contribution in [0.3, 0.4) is 0 Å². The van der Waals surface area contributed by atoms with Crippen molar-refractivity contribution in [2.24, 2.45) is 5.10 Å². The van der Waals surface area contributed by atoms with Crippen LogP contribution in [-0.4, -0.2) is 68.6 Å². The van der Waals surface area contributed by atoms with Crippen molar-refractivity contribution in [2.45, 2.75) is 18.7 Å². The zero-order valence-electron chi connectivity index (χ0n) is 16.7. The van der Waals surface area contributed by atoms with Crippen molar-refractivity contribution in [3.8, 4) is 0 Å². The summed E-state index contributed by atoms with van der Waals surface area (Å²) >= 11 is 0. The Bertz CT molecular complexity index is 1010. The molecule has 2 aromatic rings. The molecule has 4 rings (SSSR count). The summed E-state index contributed by atoms with van der Waals surface area (Å²) in [5.74, 6) is -2.21. The molecule has 1 fully saturated rings. The summed E-state index contributed by atoms with van der Waals surface area (Å²) in [6.45, 7) is 1.17. The number of rotatable bonds is 4. The van der Waals surface area contributed by atoms with E-state index in [9.17, 15) is 23.1 Å². The van der Waals surface area contributed by atoms with Crippen LogP contribution < -0.4 is 10.4 Å². The third kappa shape index (κ3) is 4.35. The lowest BCUT2D eigenvalue weighted by atomic mass is 10.0. The quantitative estimate of drug-likeness (QED) is 0.477. The number of hydroxylamine groups is 1. The largest absolute Gasteiger partial charge is 0.371 e. The Morgan fingerprint density at radius 1 is 1.12 bits per heavy atom. The minimum atomic E-state index is -1.71. The maximum atomic E-state index is 13.8. The van der Waals surface area contributed by atoms with Crippen molar-refractivity contribution < 1.29 is 28.3 Å². The zero-order valence-corrected chi connectivity index (χ0v) is 16.7. The Labute approximate surface area is 180 Å². The van der Waals surface area contributed by atoms with Gasteiger partial charge >= 0.3 is 6.03 Å². The minimum Gasteiger partial charge on any atom is -0.371 e. The van der Waals surface area contributed by atoms with Gasteiger partial charge in [0.15, 0.2) is 12.0 Å². The third-order valence-corrected chi connectivity index (χ3v) is 5.27. The van der Waals surface area contributed by atoms with E-state index in [-0.39, 0.29) is 19.0 Å². The average Bonchev–Trinajstić information content (AvgIpc) is 3.28. The third-order valence-electron chi connectivity index (χ3n) is 5.27. The topological polar surface area (TPSA) is 117 Å². The predicted octanol–water partition coefficient (Wildman–Crippen LogP) is 1.54. The zero-order chi connectivity index (χ0) is 22.8. The lowest BCUT2D eigenvalue weighted by molar-refractivity contribution is -0.00414. The van der Waals surface area contributed by atoms with Crippen molar-refractivity contribution in [1.29, 1.82) is 0 Å². The number of aliphatic hydroxyl groups is 1. The Balaban J connectivity index is 1.43. The summed E-state index contributed by atoms with van der Waals surface area (Å²) in [6.07, 6.45) is 1.03. The van der Waals surface area contributed by atoms with Crippen LogP contribution in [0.4, 0.5) is 23.9 Å². The van der Waals surface area contributed by atoms with Gasteiger partial charge in [0.2, 0.25) is 5.95 Å². The number of aromatic nitrogens is 2. The van der Waals surface area contributed by atoms with Gasteiger partial charge in [0.1, 0.15) is 17.3 Å². The van der Waals surface area contributed by atoms with Gasteiger partial charge in [0, 0.05) is 44.9 Å². The highest BCUT2D eigenvalue weighted by Gasteiger charge is 2.34. The van der Waals surface area contributed by atoms with Crippen LogP contribution >= 0.6 is 0 Å². The fourth-order valence-corrected chi connectivity index (χ4v) is 3.66. The number of anilines is 1. The number of carbonyl (C=O) groups excluding carboxylic acids is 1. The van der Waals surface area contributed by atoms with Crippen molar-refractivity contribution in [3.63, 3.8) is 0 Å². The Morgan fingerprint density at radius 2 is 1.81 bits per heavy atom. The van der Waals surface area contributed by atoms with Gasteiger partial charge in [0.25, 0.3) is 0 Å². The van der Waals surface area contributed by atoms with E-state index in [1.807, 2.05) is 0 Å². The van der Waals surface area contributed by atoms with E-state index >= 15 is 0 Å². The summed E-state index contributed by atoms with van der Waals surface area (Å²) in [5.41, 5.74) is 1.42. The summed E-state index contributed by atoms with van der Waals surface area (Å²) in [6, 6.07) is 2.11. The second-order valence-electron chi connectivity index (χ2n) is 7.29. The molecular weight excluding hydrogens is 431 g/mol. The molecule has 2 aliphatic heterocycles. The molecular formula is C19H20F3N7O3. The number of carbonyl (C=O) groups is 1. The smallest absolute Gasteiger partial charge is 0.341 e. The summed E-state index contributed by atoms with van der Waals surface area (Å²) in [4.78, 5) is 24.1. The Kier molecular flexibility index (Phi) is 6.21. The predicted molar refractivity (Wildman–Crippen MR) is 105 cm³/mol. The number of hydrogen-bond donors (Lipinski definition) is 3.